The van der Waals surface area contributed by atoms with E-state index in [0.717, 1.165) is 117 Å². The first-order valence-corrected chi connectivity index (χ1v) is 20.7. The zero-order chi connectivity index (χ0) is 39.0. The average Bonchev–Trinajstić information content (AvgIpc) is 4.10. The average molecular weight is 806 g/mol. The maximum absolute atomic E-state index is 6.81. The summed E-state index contributed by atoms with van der Waals surface area (Å²) in [6.07, 6.45) is 28.4. The number of H-pyrrole nitrogens is 2. The Balaban J connectivity index is 0.844. The van der Waals surface area contributed by atoms with Crippen molar-refractivity contribution in [3.63, 3.8) is 0 Å². The van der Waals surface area contributed by atoms with Crippen molar-refractivity contribution in [3.8, 4) is 22.3 Å². The third kappa shape index (κ3) is 7.40. The topological polar surface area (TPSA) is 117 Å². The summed E-state index contributed by atoms with van der Waals surface area (Å²) in [5, 5.41) is 20.3. The van der Waals surface area contributed by atoms with Crippen molar-refractivity contribution < 1.29 is 0 Å². The van der Waals surface area contributed by atoms with Gasteiger partial charge < -0.3 is 20.6 Å². The first-order valence-electron chi connectivity index (χ1n) is 19.9. The summed E-state index contributed by atoms with van der Waals surface area (Å²) in [7, 11) is 0. The van der Waals surface area contributed by atoms with Gasteiger partial charge in [-0.15, -0.1) is 0 Å². The molecule has 58 heavy (non-hydrogen) atoms. The van der Waals surface area contributed by atoms with Gasteiger partial charge in [0.05, 0.1) is 24.5 Å². The highest BCUT2D eigenvalue weighted by Crippen LogP contribution is 2.35. The Labute approximate surface area is 346 Å². The van der Waals surface area contributed by atoms with Crippen LogP contribution in [-0.2, 0) is 0 Å². The molecule has 8 aromatic rings. The van der Waals surface area contributed by atoms with Crippen LogP contribution in [0.15, 0.2) is 104 Å². The third-order valence-electron chi connectivity index (χ3n) is 11.6. The lowest BCUT2D eigenvalue weighted by Gasteiger charge is -2.31. The van der Waals surface area contributed by atoms with E-state index in [0.29, 0.717) is 11.1 Å². The molecule has 0 saturated carbocycles. The van der Waals surface area contributed by atoms with Crippen LogP contribution in [0.3, 0.4) is 0 Å². The molecule has 12 heteroatoms. The minimum Gasteiger partial charge on any atom is -0.346 e. The van der Waals surface area contributed by atoms with Crippen molar-refractivity contribution in [1.82, 2.24) is 50.1 Å². The van der Waals surface area contributed by atoms with Crippen LogP contribution in [0.4, 0.5) is 0 Å². The van der Waals surface area contributed by atoms with E-state index >= 15 is 0 Å². The number of aromatic amines is 2. The van der Waals surface area contributed by atoms with Gasteiger partial charge in [-0.05, 0) is 92.3 Å². The van der Waals surface area contributed by atoms with Crippen LogP contribution in [0.2, 0.25) is 10.0 Å². The van der Waals surface area contributed by atoms with E-state index in [4.69, 9.17) is 43.4 Å². The maximum atomic E-state index is 6.81. The molecule has 4 N–H and O–H groups in total. The second kappa shape index (κ2) is 15.9. The Hall–Kier alpha value is -5.78. The van der Waals surface area contributed by atoms with E-state index < -0.39 is 0 Å². The minimum atomic E-state index is 0.159. The Morgan fingerprint density at radius 3 is 1.84 bits per heavy atom. The zero-order valence-corrected chi connectivity index (χ0v) is 33.3. The highest BCUT2D eigenvalue weighted by atomic mass is 35.5. The molecule has 0 amide bonds. The number of piperidine rings is 2. The Morgan fingerprint density at radius 1 is 0.586 bits per heavy atom. The second-order valence-corrected chi connectivity index (χ2v) is 16.1. The molecular formula is C46H42Cl2N10. The van der Waals surface area contributed by atoms with Crippen molar-refractivity contribution in [3.05, 3.63) is 142 Å². The Bertz CT molecular complexity index is 2800. The van der Waals surface area contributed by atoms with Crippen LogP contribution < -0.4 is 10.6 Å². The summed E-state index contributed by atoms with van der Waals surface area (Å²) in [6, 6.07) is 19.4. The number of hydrogen-bond acceptors (Lipinski definition) is 6. The van der Waals surface area contributed by atoms with Crippen LogP contribution in [0, 0.1) is 0 Å². The van der Waals surface area contributed by atoms with E-state index in [9.17, 15) is 0 Å². The van der Waals surface area contributed by atoms with Gasteiger partial charge in [-0.25, -0.2) is 9.97 Å². The smallest absolute Gasteiger partial charge is 0.137 e. The van der Waals surface area contributed by atoms with E-state index in [2.05, 4.69) is 84.9 Å². The fourth-order valence-electron chi connectivity index (χ4n) is 8.35. The maximum Gasteiger partial charge on any atom is 0.137 e. The highest BCUT2D eigenvalue weighted by Gasteiger charge is 2.25. The molecule has 8 heterocycles. The van der Waals surface area contributed by atoms with Gasteiger partial charge in [-0.2, -0.15) is 10.2 Å². The van der Waals surface area contributed by atoms with Gasteiger partial charge in [0, 0.05) is 97.4 Å². The molecule has 2 aromatic carbocycles. The number of aromatic nitrogens is 8. The summed E-state index contributed by atoms with van der Waals surface area (Å²) >= 11 is 13.2. The molecule has 2 aliphatic rings. The van der Waals surface area contributed by atoms with Crippen LogP contribution >= 0.6 is 23.2 Å². The first kappa shape index (κ1) is 36.6. The second-order valence-electron chi connectivity index (χ2n) is 15.3. The van der Waals surface area contributed by atoms with Gasteiger partial charge in [-0.1, -0.05) is 71.8 Å². The SMILES string of the molecule is Clc1ccccc1/C=C\c1c[nH]c2ncc(-c3cnn(C4CCNC(c5ccc(Cl)c(/C=C/c6c[nH]c7ncc(-c8cnn(C9CCNCC9)c8)cc67)c5)C4)c3)cc12. The molecule has 6 aromatic heterocycles. The molecular weight excluding hydrogens is 763 g/mol. The molecule has 2 fully saturated rings. The molecule has 10 rings (SSSR count). The van der Waals surface area contributed by atoms with Crippen LogP contribution in [0.5, 0.6) is 0 Å². The van der Waals surface area contributed by atoms with Crippen molar-refractivity contribution in [1.29, 1.82) is 0 Å². The van der Waals surface area contributed by atoms with Gasteiger partial charge in [0.15, 0.2) is 0 Å². The molecule has 2 atom stereocenters. The predicted octanol–water partition coefficient (Wildman–Crippen LogP) is 10.4. The lowest BCUT2D eigenvalue weighted by molar-refractivity contribution is 0.287. The number of fused-ring (bicyclic) bond motifs is 2. The minimum absolute atomic E-state index is 0.159. The molecule has 10 nitrogen and oxygen atoms in total. The van der Waals surface area contributed by atoms with E-state index in [1.807, 2.05) is 73.6 Å². The Morgan fingerprint density at radius 2 is 1.17 bits per heavy atom. The fourth-order valence-corrected chi connectivity index (χ4v) is 8.73. The van der Waals surface area contributed by atoms with Crippen molar-refractivity contribution in [2.75, 3.05) is 19.6 Å². The van der Waals surface area contributed by atoms with Crippen LogP contribution in [0.25, 0.3) is 68.6 Å². The number of benzene rings is 2. The lowest BCUT2D eigenvalue weighted by atomic mass is 9.92. The third-order valence-corrected chi connectivity index (χ3v) is 12.3. The van der Waals surface area contributed by atoms with E-state index in [-0.39, 0.29) is 12.1 Å². The van der Waals surface area contributed by atoms with E-state index in [1.165, 1.54) is 5.56 Å². The summed E-state index contributed by atoms with van der Waals surface area (Å²) in [4.78, 5) is 16.1. The summed E-state index contributed by atoms with van der Waals surface area (Å²) < 4.78 is 4.24. The molecule has 2 aliphatic heterocycles. The molecule has 0 spiro atoms. The number of rotatable bonds is 9. The summed E-state index contributed by atoms with van der Waals surface area (Å²) in [6.45, 7) is 2.95. The molecule has 290 valence electrons. The fraction of sp³-hybridized carbons (Fsp3) is 0.217. The van der Waals surface area contributed by atoms with Crippen LogP contribution in [0.1, 0.15) is 71.6 Å². The summed E-state index contributed by atoms with van der Waals surface area (Å²) in [5.74, 6) is 0. The van der Waals surface area contributed by atoms with E-state index in [1.54, 1.807) is 0 Å². The molecule has 2 saturated heterocycles. The molecule has 2 unspecified atom stereocenters. The predicted molar refractivity (Wildman–Crippen MR) is 236 cm³/mol. The number of hydrogen-bond donors (Lipinski definition) is 4. The Kier molecular flexibility index (Phi) is 10.0. The van der Waals surface area contributed by atoms with Gasteiger partial charge in [0.25, 0.3) is 0 Å². The monoisotopic (exact) mass is 804 g/mol. The largest absolute Gasteiger partial charge is 0.346 e. The highest BCUT2D eigenvalue weighted by molar-refractivity contribution is 6.32. The normalized spacial score (nSPS) is 18.0. The molecule has 0 aliphatic carbocycles. The lowest BCUT2D eigenvalue weighted by Crippen LogP contribution is -2.33. The number of nitrogens with zero attached hydrogens (tertiary/aromatic N) is 6. The van der Waals surface area contributed by atoms with Gasteiger partial charge in [-0.3, -0.25) is 9.36 Å². The van der Waals surface area contributed by atoms with Crippen molar-refractivity contribution in [2.45, 2.75) is 43.8 Å². The number of halogens is 2. The van der Waals surface area contributed by atoms with Gasteiger partial charge >= 0.3 is 0 Å². The first-order chi connectivity index (χ1) is 28.5. The zero-order valence-electron chi connectivity index (χ0n) is 31.7. The number of nitrogens with one attached hydrogen (secondary N) is 4. The summed E-state index contributed by atoms with van der Waals surface area (Å²) in [5.41, 5.74) is 11.1. The quantitative estimate of drug-likeness (QED) is 0.115. The van der Waals surface area contributed by atoms with Gasteiger partial charge in [0.2, 0.25) is 0 Å². The molecule has 0 radical (unpaired) electrons. The standard InChI is InChI=1S/C46H42Cl2N10/c47-42-4-2-1-3-29(42)5-7-32-21-51-45-40(32)19-35(24-54-45)37-26-56-58(28-37)39-13-16-50-44(20-39)31-9-10-43(48)30(17-31)6-8-33-22-52-46-41(33)18-34(23-53-46)36-25-55-57(27-36)38-11-14-49-15-12-38/h1-10,17-19,21-28,38-39,44,49-50H,11-16,20H2,(H,51,54)(H,52,53)/b7-5-,8-6+. The number of pyridine rings is 2. The van der Waals surface area contributed by atoms with Crippen molar-refractivity contribution >= 4 is 69.6 Å². The van der Waals surface area contributed by atoms with Gasteiger partial charge in [0.1, 0.15) is 11.3 Å². The van der Waals surface area contributed by atoms with Crippen molar-refractivity contribution in [2.24, 2.45) is 0 Å². The molecule has 0 bridgehead atoms. The van der Waals surface area contributed by atoms with Crippen LogP contribution in [-0.4, -0.2) is 59.1 Å².